The molecule has 0 radical (unpaired) electrons. The molecule has 21 atom stereocenters. The van der Waals surface area contributed by atoms with Crippen molar-refractivity contribution in [2.24, 2.45) is 0 Å². The SMILES string of the molecule is COC(=O)C(Cc1ccccc1)NC(=O)[C@@H]1O[C@H](COC(C)=O)[C@@H](OC(C)=O)[C@H](OC(C)=O)[C@]1(O)NC(=O)[C@@H]1O[C@H](COC(C)=O)[C@@H](OC(C)=O)[C@H](OC(C)=O)[C@H]1NC(=O)[C@@H]1O[C@H](COC(C)=O)[C@@H](OC(C)=O)[C@H](OC(C)=O)[C@H]1NC(=O)[C@@H]1O[C@H](COC(C)=O)[C@@H](OC(C)=O)[C@H](OC(C)=O)[C@H]1NC(=O)OC(C)(C)C. The van der Waals surface area contributed by atoms with E-state index in [1.54, 1.807) is 18.2 Å². The number of hydrogen-bond acceptors (Lipinski definition) is 37. The van der Waals surface area contributed by atoms with Gasteiger partial charge in [0, 0.05) is 89.5 Å². The first-order chi connectivity index (χ1) is 50.8. The van der Waals surface area contributed by atoms with Gasteiger partial charge in [0.2, 0.25) is 5.72 Å². The van der Waals surface area contributed by atoms with Gasteiger partial charge in [0.1, 0.15) is 80.6 Å². The molecule has 4 saturated heterocycles. The molecule has 1 aromatic carbocycles. The molecule has 0 bridgehead atoms. The Morgan fingerprint density at radius 2 is 0.734 bits per heavy atom. The van der Waals surface area contributed by atoms with Crippen LogP contribution in [-0.4, -0.2) is 279 Å². The van der Waals surface area contributed by atoms with E-state index in [4.69, 9.17) is 85.3 Å². The molecule has 4 aliphatic heterocycles. The zero-order valence-corrected chi connectivity index (χ0v) is 62.1. The molecule has 0 aliphatic carbocycles. The molecule has 0 aromatic heterocycles. The molecule has 0 spiro atoms. The van der Waals surface area contributed by atoms with Crippen molar-refractivity contribution in [3.05, 3.63) is 35.9 Å². The van der Waals surface area contributed by atoms with Crippen molar-refractivity contribution in [3.8, 4) is 0 Å². The summed E-state index contributed by atoms with van der Waals surface area (Å²) in [4.78, 5) is 246. The van der Waals surface area contributed by atoms with Crippen LogP contribution in [0.3, 0.4) is 0 Å². The van der Waals surface area contributed by atoms with Crippen molar-refractivity contribution in [2.75, 3.05) is 33.5 Å². The standard InChI is InChI=1S/C67H89N5O37/c1-27(73)93-23-41-48(97-31(5)77)52(101-35(9)81)45(69-61(86)56-47(71-65(90)109-66(13,14)15)54(103-37(11)83)50(99-33(7)79)42(106-56)24-94-28(2)74)55(105-41)60(85)70-46-53(102-36(10)82)49(98-32(6)78)43(25-95-29(3)75)107-57(46)62(87)72-67(91)58(104-38(12)84)51(100-34(8)80)44(26-96-30(4)76)108-59(67)63(88)68-40(64(89)92-16)22-39-20-18-17-19-21-39/h17-21,40-59,91H,22-26H2,1-16H3,(H,68,88)(H,69,86)(H,70,85)(H,71,90)(H,72,87)/t40?,41-,42-,43-,44-,45-,46-,47-,48-,49-,50-,51-,52-,53-,54-,55-,56-,57-,58+,59+,67-/m1/s1. The quantitative estimate of drug-likeness (QED) is 0.0267. The lowest BCUT2D eigenvalue weighted by Crippen LogP contribution is -2.79. The van der Waals surface area contributed by atoms with Crippen LogP contribution >= 0.6 is 0 Å². The van der Waals surface area contributed by atoms with Gasteiger partial charge in [-0.05, 0) is 26.3 Å². The predicted molar refractivity (Wildman–Crippen MR) is 350 cm³/mol. The van der Waals surface area contributed by atoms with E-state index in [1.807, 2.05) is 0 Å². The highest BCUT2D eigenvalue weighted by Gasteiger charge is 2.65. The van der Waals surface area contributed by atoms with E-state index in [9.17, 15) is 72.2 Å². The maximum atomic E-state index is 16.1. The normalized spacial score (nSPS) is 28.7. The maximum Gasteiger partial charge on any atom is 0.408 e. The van der Waals surface area contributed by atoms with Gasteiger partial charge in [0.25, 0.3) is 23.6 Å². The Bertz CT molecular complexity index is 3570. The summed E-state index contributed by atoms with van der Waals surface area (Å²) in [6.07, 6.45) is -38.0. The number of benzene rings is 1. The Morgan fingerprint density at radius 1 is 0.413 bits per heavy atom. The van der Waals surface area contributed by atoms with Gasteiger partial charge in [-0.25, -0.2) is 9.59 Å². The maximum absolute atomic E-state index is 16.1. The Labute approximate surface area is 621 Å². The Morgan fingerprint density at radius 3 is 1.06 bits per heavy atom. The molecule has 0 saturated carbocycles. The van der Waals surface area contributed by atoms with Crippen LogP contribution in [0.4, 0.5) is 4.79 Å². The molecule has 1 unspecified atom stereocenters. The summed E-state index contributed by atoms with van der Waals surface area (Å²) >= 11 is 0. The van der Waals surface area contributed by atoms with Gasteiger partial charge in [-0.15, -0.1) is 0 Å². The molecule has 109 heavy (non-hydrogen) atoms. The number of nitrogens with one attached hydrogen (secondary N) is 5. The van der Waals surface area contributed by atoms with Crippen molar-refractivity contribution in [1.29, 1.82) is 0 Å². The summed E-state index contributed by atoms with van der Waals surface area (Å²) in [5.74, 6) is -22.0. The number of carbonyl (C=O) groups excluding carboxylic acids is 18. The average Bonchev–Trinajstić information content (AvgIpc) is 0.739. The molecule has 4 fully saturated rings. The molecule has 5 rings (SSSR count). The lowest BCUT2D eigenvalue weighted by atomic mass is 9.86. The fourth-order valence-electron chi connectivity index (χ4n) is 11.9. The number of ether oxygens (including phenoxy) is 18. The first kappa shape index (κ1) is 88.9. The van der Waals surface area contributed by atoms with Gasteiger partial charge in [-0.3, -0.25) is 76.7 Å². The second kappa shape index (κ2) is 39.4. The van der Waals surface area contributed by atoms with Crippen molar-refractivity contribution in [3.63, 3.8) is 0 Å². The number of carbonyl (C=O) groups is 18. The number of hydrogen-bond donors (Lipinski definition) is 6. The molecule has 604 valence electrons. The monoisotopic (exact) mass is 1560 g/mol. The summed E-state index contributed by atoms with van der Waals surface area (Å²) in [7, 11) is 0.947. The van der Waals surface area contributed by atoms with Crippen molar-refractivity contribution < 1.29 is 177 Å². The minimum atomic E-state index is -3.75. The first-order valence-corrected chi connectivity index (χ1v) is 33.4. The van der Waals surface area contributed by atoms with Crippen LogP contribution < -0.4 is 26.6 Å². The van der Waals surface area contributed by atoms with Crippen LogP contribution in [0.5, 0.6) is 0 Å². The molecule has 4 heterocycles. The van der Waals surface area contributed by atoms with Crippen LogP contribution in [-0.2, 0) is 173 Å². The number of methoxy groups -OCH3 is 1. The van der Waals surface area contributed by atoms with Gasteiger partial charge in [-0.2, -0.15) is 0 Å². The zero-order chi connectivity index (χ0) is 81.9. The van der Waals surface area contributed by atoms with E-state index in [-0.39, 0.29) is 6.42 Å². The van der Waals surface area contributed by atoms with Gasteiger partial charge < -0.3 is 117 Å². The minimum absolute atomic E-state index is 0.363. The van der Waals surface area contributed by atoms with E-state index >= 15 is 19.2 Å². The van der Waals surface area contributed by atoms with Gasteiger partial charge in [-0.1, -0.05) is 30.3 Å². The summed E-state index contributed by atoms with van der Waals surface area (Å²) in [6, 6.07) is -0.979. The zero-order valence-electron chi connectivity index (χ0n) is 62.1. The number of aliphatic hydroxyl groups is 1. The minimum Gasteiger partial charge on any atom is -0.467 e. The first-order valence-electron chi connectivity index (χ1n) is 33.4. The third kappa shape index (κ3) is 25.7. The number of rotatable bonds is 28. The summed E-state index contributed by atoms with van der Waals surface area (Å²) in [5, 5.41) is 24.9. The molecule has 42 heteroatoms. The lowest BCUT2D eigenvalue weighted by molar-refractivity contribution is -0.286. The molecule has 5 amide bonds. The van der Waals surface area contributed by atoms with Gasteiger partial charge >= 0.3 is 83.7 Å². The van der Waals surface area contributed by atoms with Crippen molar-refractivity contribution in [2.45, 2.75) is 243 Å². The molecular formula is C67H89N5O37. The Balaban J connectivity index is 1.87. The lowest BCUT2D eigenvalue weighted by Gasteiger charge is -2.51. The molecule has 4 aliphatic rings. The van der Waals surface area contributed by atoms with Crippen LogP contribution in [0.25, 0.3) is 0 Å². The van der Waals surface area contributed by atoms with E-state index in [1.165, 1.54) is 32.9 Å². The topological polar surface area (TPSA) is 554 Å². The summed E-state index contributed by atoms with van der Waals surface area (Å²) in [6.45, 7) is 10.4. The highest BCUT2D eigenvalue weighted by molar-refractivity contribution is 5.92. The predicted octanol–water partition coefficient (Wildman–Crippen LogP) is -3.67. The summed E-state index contributed by atoms with van der Waals surface area (Å²) < 4.78 is 101. The molecule has 1 aromatic rings. The third-order valence-corrected chi connectivity index (χ3v) is 15.8. The van der Waals surface area contributed by atoms with Crippen LogP contribution in [0.1, 0.15) is 109 Å². The largest absolute Gasteiger partial charge is 0.467 e. The highest BCUT2D eigenvalue weighted by Crippen LogP contribution is 2.37. The van der Waals surface area contributed by atoms with Crippen LogP contribution in [0.2, 0.25) is 0 Å². The average molecular weight is 1560 g/mol. The van der Waals surface area contributed by atoms with Gasteiger partial charge in [0.15, 0.2) is 73.2 Å². The second-order valence-corrected chi connectivity index (χ2v) is 25.9. The smallest absolute Gasteiger partial charge is 0.408 e. The van der Waals surface area contributed by atoms with Gasteiger partial charge in [0.05, 0.1) is 7.11 Å². The van der Waals surface area contributed by atoms with Crippen molar-refractivity contribution >= 4 is 107 Å². The Kier molecular flexibility index (Phi) is 32.1. The van der Waals surface area contributed by atoms with E-state index in [0.717, 1.165) is 90.2 Å². The fraction of sp³-hybridized carbons (Fsp3) is 0.642. The van der Waals surface area contributed by atoms with E-state index in [0.29, 0.717) is 5.56 Å². The van der Waals surface area contributed by atoms with E-state index in [2.05, 4.69) is 26.6 Å². The highest BCUT2D eigenvalue weighted by atomic mass is 16.7. The molecule has 42 nitrogen and oxygen atoms in total. The van der Waals surface area contributed by atoms with Crippen molar-refractivity contribution in [1.82, 2.24) is 26.6 Å². The summed E-state index contributed by atoms with van der Waals surface area (Å²) in [5.41, 5.74) is -4.69. The third-order valence-electron chi connectivity index (χ3n) is 15.8. The Hall–Kier alpha value is -10.7. The molecule has 6 N–H and O–H groups in total. The second-order valence-electron chi connectivity index (χ2n) is 25.9. The van der Waals surface area contributed by atoms with Crippen LogP contribution in [0.15, 0.2) is 30.3 Å². The number of amides is 5. The van der Waals surface area contributed by atoms with Crippen LogP contribution in [0, 0.1) is 0 Å². The number of esters is 13. The molecular weight excluding hydrogens is 1470 g/mol. The van der Waals surface area contributed by atoms with E-state index < -0.39 is 267 Å². The number of alkyl carbamates (subject to hydrolysis) is 1. The fourth-order valence-corrected chi connectivity index (χ4v) is 11.9.